The number of carboxylic acids is 1. The third-order valence-electron chi connectivity index (χ3n) is 1.90. The van der Waals surface area contributed by atoms with Crippen LogP contribution in [0.25, 0.3) is 0 Å². The van der Waals surface area contributed by atoms with Gasteiger partial charge in [0, 0.05) is 0 Å². The zero-order valence-electron chi connectivity index (χ0n) is 7.08. The quantitative estimate of drug-likeness (QED) is 0.652. The Morgan fingerprint density at radius 3 is 3.00 bits per heavy atom. The van der Waals surface area contributed by atoms with Crippen molar-refractivity contribution < 1.29 is 14.6 Å². The molecule has 0 aliphatic heterocycles. The molecule has 0 saturated heterocycles. The van der Waals surface area contributed by atoms with Crippen LogP contribution in [0.4, 0.5) is 0 Å². The maximum absolute atomic E-state index is 10.1. The summed E-state index contributed by atoms with van der Waals surface area (Å²) in [5.41, 5.74) is 1.25. The van der Waals surface area contributed by atoms with Crippen molar-refractivity contribution in [3.63, 3.8) is 0 Å². The van der Waals surface area contributed by atoms with Gasteiger partial charge in [-0.3, -0.25) is 0 Å². The van der Waals surface area contributed by atoms with E-state index in [0.717, 1.165) is 12.8 Å². The molecule has 3 heteroatoms. The van der Waals surface area contributed by atoms with Gasteiger partial charge in [0.2, 0.25) is 0 Å². The molecule has 3 nitrogen and oxygen atoms in total. The van der Waals surface area contributed by atoms with Crippen LogP contribution < -0.4 is 0 Å². The van der Waals surface area contributed by atoms with Gasteiger partial charge in [-0.05, 0) is 31.3 Å². The lowest BCUT2D eigenvalue weighted by Crippen LogP contribution is -2.09. The van der Waals surface area contributed by atoms with Crippen LogP contribution in [0.1, 0.15) is 25.7 Å². The summed E-state index contributed by atoms with van der Waals surface area (Å²) in [5, 5.41) is 8.30. The first-order valence-corrected chi connectivity index (χ1v) is 4.26. The van der Waals surface area contributed by atoms with Crippen LogP contribution in [0.3, 0.4) is 0 Å². The molecular weight excluding hydrogens is 156 g/mol. The molecule has 0 radical (unpaired) electrons. The van der Waals surface area contributed by atoms with Gasteiger partial charge in [0.25, 0.3) is 0 Å². The van der Waals surface area contributed by atoms with Gasteiger partial charge < -0.3 is 9.84 Å². The van der Waals surface area contributed by atoms with E-state index in [0.29, 0.717) is 6.61 Å². The average Bonchev–Trinajstić information content (AvgIpc) is 2.05. The maximum atomic E-state index is 10.1. The fraction of sp³-hybridized carbons (Fsp3) is 0.667. The van der Waals surface area contributed by atoms with Crippen molar-refractivity contribution in [2.75, 3.05) is 13.2 Å². The van der Waals surface area contributed by atoms with Crippen molar-refractivity contribution in [2.24, 2.45) is 0 Å². The molecule has 0 atom stereocenters. The number of hydrogen-bond donors (Lipinski definition) is 1. The van der Waals surface area contributed by atoms with Crippen LogP contribution >= 0.6 is 0 Å². The van der Waals surface area contributed by atoms with E-state index in [1.165, 1.54) is 18.4 Å². The van der Waals surface area contributed by atoms with Crippen LogP contribution in [-0.4, -0.2) is 24.3 Å². The van der Waals surface area contributed by atoms with Gasteiger partial charge in [0.1, 0.15) is 6.61 Å². The maximum Gasteiger partial charge on any atom is 0.329 e. The van der Waals surface area contributed by atoms with E-state index < -0.39 is 5.97 Å². The lowest BCUT2D eigenvalue weighted by atomic mass is 10.0. The van der Waals surface area contributed by atoms with E-state index in [1.54, 1.807) is 0 Å². The lowest BCUT2D eigenvalue weighted by Gasteiger charge is -2.11. The van der Waals surface area contributed by atoms with E-state index in [-0.39, 0.29) is 6.61 Å². The Balaban J connectivity index is 2.13. The Hall–Kier alpha value is -0.830. The molecule has 0 unspecified atom stereocenters. The van der Waals surface area contributed by atoms with Crippen LogP contribution in [-0.2, 0) is 9.53 Å². The molecule has 1 rings (SSSR count). The number of ether oxygens (including phenoxy) is 1. The first-order chi connectivity index (χ1) is 5.79. The molecule has 1 N–H and O–H groups in total. The second kappa shape index (κ2) is 4.93. The lowest BCUT2D eigenvalue weighted by molar-refractivity contribution is -0.141. The minimum atomic E-state index is -0.897. The number of carbonyl (C=O) groups is 1. The van der Waals surface area contributed by atoms with Gasteiger partial charge in [0.15, 0.2) is 0 Å². The third kappa shape index (κ3) is 3.53. The van der Waals surface area contributed by atoms with Crippen molar-refractivity contribution in [2.45, 2.75) is 25.7 Å². The molecule has 0 spiro atoms. The molecule has 0 fully saturated rings. The molecule has 0 saturated carbocycles. The van der Waals surface area contributed by atoms with Gasteiger partial charge in [-0.15, -0.1) is 0 Å². The van der Waals surface area contributed by atoms with Crippen molar-refractivity contribution in [1.82, 2.24) is 0 Å². The highest BCUT2D eigenvalue weighted by molar-refractivity contribution is 5.68. The van der Waals surface area contributed by atoms with Crippen LogP contribution in [0.15, 0.2) is 11.6 Å². The van der Waals surface area contributed by atoms with Crippen molar-refractivity contribution >= 4 is 5.97 Å². The van der Waals surface area contributed by atoms with E-state index in [1.807, 2.05) is 0 Å². The predicted molar refractivity (Wildman–Crippen MR) is 45.0 cm³/mol. The molecule has 1 aliphatic carbocycles. The van der Waals surface area contributed by atoms with Crippen LogP contribution in [0.2, 0.25) is 0 Å². The molecule has 0 aromatic rings. The molecule has 1 aliphatic rings. The fourth-order valence-corrected chi connectivity index (χ4v) is 1.31. The Morgan fingerprint density at radius 1 is 1.58 bits per heavy atom. The Morgan fingerprint density at radius 2 is 2.42 bits per heavy atom. The van der Waals surface area contributed by atoms with Crippen LogP contribution in [0.5, 0.6) is 0 Å². The number of rotatable bonds is 4. The fourth-order valence-electron chi connectivity index (χ4n) is 1.31. The first-order valence-electron chi connectivity index (χ1n) is 4.26. The Labute approximate surface area is 72.0 Å². The largest absolute Gasteiger partial charge is 0.480 e. The molecule has 0 heterocycles. The standard InChI is InChI=1S/C9H14O3/c10-9(11)7-12-6-8-4-2-1-3-5-8/h4H,1-3,5-7H2,(H,10,11). The number of aliphatic carboxylic acids is 1. The molecule has 12 heavy (non-hydrogen) atoms. The highest BCUT2D eigenvalue weighted by atomic mass is 16.5. The van der Waals surface area contributed by atoms with Crippen molar-refractivity contribution in [3.05, 3.63) is 11.6 Å². The summed E-state index contributed by atoms with van der Waals surface area (Å²) in [4.78, 5) is 10.1. The Kier molecular flexibility index (Phi) is 3.80. The molecule has 0 aromatic heterocycles. The number of allylic oxidation sites excluding steroid dienone is 1. The highest BCUT2D eigenvalue weighted by Crippen LogP contribution is 2.16. The Bertz CT molecular complexity index is 184. The second-order valence-corrected chi connectivity index (χ2v) is 2.99. The van der Waals surface area contributed by atoms with E-state index >= 15 is 0 Å². The average molecular weight is 170 g/mol. The summed E-state index contributed by atoms with van der Waals surface area (Å²) in [6.07, 6.45) is 6.81. The predicted octanol–water partition coefficient (Wildman–Crippen LogP) is 1.59. The SMILES string of the molecule is O=C(O)COCC1=CCCCC1. The van der Waals surface area contributed by atoms with Gasteiger partial charge in [-0.25, -0.2) is 4.79 Å². The monoisotopic (exact) mass is 170 g/mol. The highest BCUT2D eigenvalue weighted by Gasteiger charge is 2.04. The van der Waals surface area contributed by atoms with Crippen molar-refractivity contribution in [1.29, 1.82) is 0 Å². The normalized spacial score (nSPS) is 17.2. The summed E-state index contributed by atoms with van der Waals surface area (Å²) in [6, 6.07) is 0. The summed E-state index contributed by atoms with van der Waals surface area (Å²) in [6.45, 7) is 0.309. The summed E-state index contributed by atoms with van der Waals surface area (Å²) < 4.78 is 4.97. The molecule has 68 valence electrons. The van der Waals surface area contributed by atoms with Crippen LogP contribution in [0, 0.1) is 0 Å². The summed E-state index contributed by atoms with van der Waals surface area (Å²) in [7, 11) is 0. The van der Waals surface area contributed by atoms with Crippen molar-refractivity contribution in [3.8, 4) is 0 Å². The molecule has 0 amide bonds. The molecular formula is C9H14O3. The van der Waals surface area contributed by atoms with E-state index in [9.17, 15) is 4.79 Å². The van der Waals surface area contributed by atoms with Gasteiger partial charge in [0.05, 0.1) is 6.61 Å². The minimum absolute atomic E-state index is 0.183. The van der Waals surface area contributed by atoms with Gasteiger partial charge >= 0.3 is 5.97 Å². The number of carboxylic acid groups (broad SMARTS) is 1. The van der Waals surface area contributed by atoms with Gasteiger partial charge in [-0.1, -0.05) is 6.08 Å². The zero-order chi connectivity index (χ0) is 8.81. The smallest absolute Gasteiger partial charge is 0.329 e. The number of hydrogen-bond acceptors (Lipinski definition) is 2. The third-order valence-corrected chi connectivity index (χ3v) is 1.90. The molecule has 0 bridgehead atoms. The van der Waals surface area contributed by atoms with E-state index in [2.05, 4.69) is 6.08 Å². The minimum Gasteiger partial charge on any atom is -0.480 e. The van der Waals surface area contributed by atoms with E-state index in [4.69, 9.17) is 9.84 Å². The summed E-state index contributed by atoms with van der Waals surface area (Å²) in [5.74, 6) is -0.897. The topological polar surface area (TPSA) is 46.5 Å². The molecule has 0 aromatic carbocycles. The zero-order valence-corrected chi connectivity index (χ0v) is 7.08. The second-order valence-electron chi connectivity index (χ2n) is 2.99. The summed E-state index contributed by atoms with van der Waals surface area (Å²) >= 11 is 0. The first kappa shape index (κ1) is 9.26. The van der Waals surface area contributed by atoms with Gasteiger partial charge in [-0.2, -0.15) is 0 Å².